The van der Waals surface area contributed by atoms with E-state index in [4.69, 9.17) is 23.7 Å². The van der Waals surface area contributed by atoms with Gasteiger partial charge in [-0.15, -0.1) is 70.6 Å². The van der Waals surface area contributed by atoms with Gasteiger partial charge >= 0.3 is 0 Å². The van der Waals surface area contributed by atoms with E-state index in [1.165, 1.54) is 34.9 Å². The Labute approximate surface area is 396 Å². The van der Waals surface area contributed by atoms with E-state index in [1.54, 1.807) is 70.6 Å². The van der Waals surface area contributed by atoms with Crippen LogP contribution in [0.1, 0.15) is 36.1 Å². The Morgan fingerprint density at radius 1 is 0.614 bits per heavy atom. The third kappa shape index (κ3) is 12.5. The number of epoxide rings is 1. The van der Waals surface area contributed by atoms with E-state index in [9.17, 15) is 5.11 Å². The molecular formula is C41H46Br4O6S6. The van der Waals surface area contributed by atoms with Crippen molar-refractivity contribution in [1.29, 1.82) is 0 Å². The molecule has 1 fully saturated rings. The van der Waals surface area contributed by atoms with Crippen molar-refractivity contribution in [1.82, 2.24) is 0 Å². The van der Waals surface area contributed by atoms with Crippen molar-refractivity contribution in [3.8, 4) is 11.5 Å². The van der Waals surface area contributed by atoms with Gasteiger partial charge in [0.25, 0.3) is 0 Å². The van der Waals surface area contributed by atoms with Crippen LogP contribution in [0.3, 0.4) is 0 Å². The summed E-state index contributed by atoms with van der Waals surface area (Å²) in [5.74, 6) is 1.33. The first kappa shape index (κ1) is 48.4. The lowest BCUT2D eigenvalue weighted by Crippen LogP contribution is -2.24. The normalized spacial score (nSPS) is 15.9. The van der Waals surface area contributed by atoms with E-state index in [-0.39, 0.29) is 25.6 Å². The molecule has 1 heterocycles. The van der Waals surface area contributed by atoms with Gasteiger partial charge in [0.2, 0.25) is 0 Å². The van der Waals surface area contributed by atoms with Gasteiger partial charge in [0.05, 0.1) is 37.7 Å². The van der Waals surface area contributed by atoms with E-state index >= 15 is 0 Å². The van der Waals surface area contributed by atoms with E-state index in [1.807, 2.05) is 0 Å². The monoisotopic (exact) mass is 1140 g/mol. The highest BCUT2D eigenvalue weighted by molar-refractivity contribution is 9.11. The molecule has 6 nitrogen and oxygen atoms in total. The lowest BCUT2D eigenvalue weighted by atomic mass is 9.78. The average molecular weight is 1150 g/mol. The average Bonchev–Trinajstić information content (AvgIpc) is 3.96. The molecule has 1 saturated heterocycles. The van der Waals surface area contributed by atoms with Crippen molar-refractivity contribution in [3.05, 3.63) is 88.7 Å². The van der Waals surface area contributed by atoms with E-state index < -0.39 is 11.5 Å². The Bertz CT molecular complexity index is 1860. The van der Waals surface area contributed by atoms with Crippen LogP contribution in [-0.2, 0) is 32.8 Å². The van der Waals surface area contributed by atoms with Gasteiger partial charge in [-0.05, 0) is 161 Å². The number of aliphatic hydroxyl groups is 1. The summed E-state index contributed by atoms with van der Waals surface area (Å²) in [6.45, 7) is 5.87. The van der Waals surface area contributed by atoms with Gasteiger partial charge in [0, 0.05) is 45.9 Å². The number of ether oxygens (including phenoxy) is 5. The molecule has 310 valence electrons. The maximum absolute atomic E-state index is 10.8. The Hall–Kier alpha value is 0.340. The van der Waals surface area contributed by atoms with Crippen LogP contribution < -0.4 is 9.47 Å². The molecule has 16 heteroatoms. The maximum atomic E-state index is 10.8. The van der Waals surface area contributed by atoms with Gasteiger partial charge < -0.3 is 28.8 Å². The van der Waals surface area contributed by atoms with Crippen LogP contribution in [0.5, 0.6) is 11.5 Å². The number of halogens is 4. The molecule has 1 aliphatic rings. The highest BCUT2D eigenvalue weighted by atomic mass is 79.9. The summed E-state index contributed by atoms with van der Waals surface area (Å²) in [5, 5.41) is 10.8. The van der Waals surface area contributed by atoms with Gasteiger partial charge in [-0.1, -0.05) is 13.8 Å². The van der Waals surface area contributed by atoms with Crippen LogP contribution >= 0.6 is 134 Å². The molecule has 0 aromatic heterocycles. The zero-order chi connectivity index (χ0) is 41.4. The third-order valence-electron chi connectivity index (χ3n) is 9.37. The lowest BCUT2D eigenvalue weighted by molar-refractivity contribution is 0.00409. The predicted octanol–water partition coefficient (Wildman–Crippen LogP) is 13.7. The zero-order valence-corrected chi connectivity index (χ0v) is 44.1. The summed E-state index contributed by atoms with van der Waals surface area (Å²) in [6, 6.07) is 17.2. The smallest absolute Gasteiger partial charge is 0.188 e. The van der Waals surface area contributed by atoms with Crippen molar-refractivity contribution in [3.63, 3.8) is 0 Å². The number of aliphatic hydroxyl groups excluding tert-OH is 1. The van der Waals surface area contributed by atoms with Gasteiger partial charge in [0.1, 0.15) is 36.9 Å². The summed E-state index contributed by atoms with van der Waals surface area (Å²) in [7, 11) is 0. The van der Waals surface area contributed by atoms with Crippen LogP contribution in [0.4, 0.5) is 0 Å². The number of hydrogen-bond donors (Lipinski definition) is 1. The Balaban J connectivity index is 1.16. The van der Waals surface area contributed by atoms with Gasteiger partial charge in [-0.25, -0.2) is 0 Å². The number of benzene rings is 4. The maximum Gasteiger partial charge on any atom is 0.188 e. The second-order valence-electron chi connectivity index (χ2n) is 13.3. The molecule has 57 heavy (non-hydrogen) atoms. The first-order valence-electron chi connectivity index (χ1n) is 17.6. The number of thioether (sulfide) groups is 6. The first-order chi connectivity index (χ1) is 27.3. The van der Waals surface area contributed by atoms with E-state index in [0.29, 0.717) is 31.3 Å². The summed E-state index contributed by atoms with van der Waals surface area (Å²) in [5.41, 5.74) is 4.10. The zero-order valence-electron chi connectivity index (χ0n) is 32.8. The van der Waals surface area contributed by atoms with Gasteiger partial charge in [0.15, 0.2) is 6.29 Å². The topological polar surface area (TPSA) is 69.7 Å². The molecular weight excluding hydrogens is 1100 g/mol. The second kappa shape index (κ2) is 22.6. The van der Waals surface area contributed by atoms with Crippen molar-refractivity contribution >= 4 is 134 Å². The second-order valence-corrected chi connectivity index (χ2v) is 21.9. The van der Waals surface area contributed by atoms with Crippen molar-refractivity contribution in [2.75, 3.05) is 57.4 Å². The first-order valence-corrected chi connectivity index (χ1v) is 28.2. The van der Waals surface area contributed by atoms with Crippen molar-refractivity contribution in [2.24, 2.45) is 0 Å². The standard InChI is InChI=1S/C41H46Br4O6S6/c1-41(2,22-9-29(42)38(30(43)10-22)48-18-24(46)17-47-19-27-34(54-5)13-25(52-3)14-35(27)55-6)23-11-31(44)39(32(45)12-23)49-21-33-40(51-33)50-20-28-36(56-7)15-26(53-4)16-37(28)57-8/h9-16,24,33,40,46H,17-21H2,1-8H3. The predicted molar refractivity (Wildman–Crippen MR) is 259 cm³/mol. The molecule has 1 N–H and O–H groups in total. The minimum Gasteiger partial charge on any atom is -0.488 e. The molecule has 0 amide bonds. The summed E-state index contributed by atoms with van der Waals surface area (Å²) in [4.78, 5) is 7.33. The largest absolute Gasteiger partial charge is 0.488 e. The molecule has 0 radical (unpaired) electrons. The molecule has 0 saturated carbocycles. The third-order valence-corrected chi connectivity index (χ3v) is 16.4. The van der Waals surface area contributed by atoms with Crippen LogP contribution in [0, 0.1) is 0 Å². The molecule has 1 aliphatic heterocycles. The van der Waals surface area contributed by atoms with Crippen LogP contribution in [0.15, 0.2) is 95.8 Å². The Morgan fingerprint density at radius 2 is 1.04 bits per heavy atom. The van der Waals surface area contributed by atoms with Gasteiger partial charge in [-0.3, -0.25) is 0 Å². The molecule has 3 atom stereocenters. The molecule has 0 aliphatic carbocycles. The molecule has 3 unspecified atom stereocenters. The molecule has 4 aromatic rings. The summed E-state index contributed by atoms with van der Waals surface area (Å²) >= 11 is 25.4. The Morgan fingerprint density at radius 3 is 1.46 bits per heavy atom. The van der Waals surface area contributed by atoms with Crippen molar-refractivity contribution < 1.29 is 28.8 Å². The minimum absolute atomic E-state index is 0.0836. The fraction of sp³-hybridized carbons (Fsp3) is 0.415. The summed E-state index contributed by atoms with van der Waals surface area (Å²) < 4.78 is 33.6. The van der Waals surface area contributed by atoms with E-state index in [0.717, 1.165) is 34.6 Å². The lowest BCUT2D eigenvalue weighted by Gasteiger charge is -2.28. The van der Waals surface area contributed by atoms with Crippen LogP contribution in [0.25, 0.3) is 0 Å². The molecule has 0 spiro atoms. The minimum atomic E-state index is -0.801. The van der Waals surface area contributed by atoms with Crippen LogP contribution in [0.2, 0.25) is 0 Å². The SMILES string of the molecule is CSc1cc(SC)c(COCC(O)COc2c(Br)cc(C(C)(C)c3cc(Br)c(OCC4OC4OCc4c(SC)cc(SC)cc4SC)c(Br)c3)cc2Br)c(SC)c1. The fourth-order valence-corrected chi connectivity index (χ4v) is 12.8. The quantitative estimate of drug-likeness (QED) is 0.0638. The molecule has 5 rings (SSSR count). The fourth-order valence-electron chi connectivity index (χ4n) is 5.97. The highest BCUT2D eigenvalue weighted by Gasteiger charge is 2.41. The highest BCUT2D eigenvalue weighted by Crippen LogP contribution is 2.45. The van der Waals surface area contributed by atoms with Crippen molar-refractivity contribution in [2.45, 2.75) is 80.3 Å². The number of hydrogen-bond acceptors (Lipinski definition) is 12. The number of rotatable bonds is 21. The van der Waals surface area contributed by atoms with E-state index in [2.05, 4.69) is 164 Å². The van der Waals surface area contributed by atoms with Gasteiger partial charge in [-0.2, -0.15) is 0 Å². The molecule has 0 bridgehead atoms. The molecule has 4 aromatic carbocycles. The summed E-state index contributed by atoms with van der Waals surface area (Å²) in [6.07, 6.45) is 11.3. The van der Waals surface area contributed by atoms with Crippen LogP contribution in [-0.4, -0.2) is 81.0 Å². The Kier molecular flexibility index (Phi) is 19.2.